The van der Waals surface area contributed by atoms with E-state index in [-0.39, 0.29) is 5.41 Å². The third kappa shape index (κ3) is 2.17. The van der Waals surface area contributed by atoms with Crippen molar-refractivity contribution in [3.8, 4) is 0 Å². The van der Waals surface area contributed by atoms with Gasteiger partial charge in [0.05, 0.1) is 0 Å². The van der Waals surface area contributed by atoms with Gasteiger partial charge in [-0.05, 0) is 19.4 Å². The van der Waals surface area contributed by atoms with E-state index in [0.717, 1.165) is 19.5 Å². The quantitative estimate of drug-likeness (QED) is 0.641. The highest BCUT2D eigenvalue weighted by atomic mass is 16.3. The molecule has 0 aromatic carbocycles. The van der Waals surface area contributed by atoms with Crippen LogP contribution in [-0.2, 0) is 0 Å². The van der Waals surface area contributed by atoms with E-state index in [1.165, 1.54) is 19.3 Å². The van der Waals surface area contributed by atoms with Crippen LogP contribution in [-0.4, -0.2) is 24.8 Å². The van der Waals surface area contributed by atoms with Gasteiger partial charge in [0.1, 0.15) is 0 Å². The molecule has 0 aliphatic carbocycles. The number of aliphatic hydroxyl groups excluding tert-OH is 1. The van der Waals surface area contributed by atoms with Crippen molar-refractivity contribution in [2.24, 2.45) is 5.41 Å². The predicted octanol–water partition coefficient (Wildman–Crippen LogP) is 1.15. The second kappa shape index (κ2) is 4.07. The number of hydrogen-bond donors (Lipinski definition) is 2. The van der Waals surface area contributed by atoms with Crippen molar-refractivity contribution < 1.29 is 5.11 Å². The van der Waals surface area contributed by atoms with Crippen LogP contribution in [0.5, 0.6) is 0 Å². The molecular weight excluding hydrogens is 138 g/mol. The minimum Gasteiger partial charge on any atom is -0.396 e. The molecule has 1 heterocycles. The van der Waals surface area contributed by atoms with Gasteiger partial charge < -0.3 is 10.4 Å². The summed E-state index contributed by atoms with van der Waals surface area (Å²) in [5, 5.41) is 12.5. The fraction of sp³-hybridized carbons (Fsp3) is 1.00. The average molecular weight is 157 g/mol. The van der Waals surface area contributed by atoms with Crippen LogP contribution < -0.4 is 5.32 Å². The lowest BCUT2D eigenvalue weighted by atomic mass is 9.83. The summed E-state index contributed by atoms with van der Waals surface area (Å²) in [6.45, 7) is 4.67. The Morgan fingerprint density at radius 1 is 1.55 bits per heavy atom. The van der Waals surface area contributed by atoms with Gasteiger partial charge in [-0.25, -0.2) is 0 Å². The fourth-order valence-electron chi connectivity index (χ4n) is 1.77. The molecule has 2 nitrogen and oxygen atoms in total. The third-order valence-electron chi connectivity index (χ3n) is 2.73. The molecular formula is C9H19NO. The zero-order chi connectivity index (χ0) is 8.16. The Labute approximate surface area is 69.0 Å². The molecule has 0 spiro atoms. The molecule has 11 heavy (non-hydrogen) atoms. The van der Waals surface area contributed by atoms with Crippen LogP contribution >= 0.6 is 0 Å². The molecule has 1 aliphatic heterocycles. The molecule has 0 radical (unpaired) electrons. The minimum atomic E-state index is 0.232. The molecule has 1 fully saturated rings. The molecule has 1 unspecified atom stereocenters. The van der Waals surface area contributed by atoms with Gasteiger partial charge in [0.2, 0.25) is 0 Å². The van der Waals surface area contributed by atoms with Crippen LogP contribution in [0.15, 0.2) is 0 Å². The predicted molar refractivity (Wildman–Crippen MR) is 46.5 cm³/mol. The van der Waals surface area contributed by atoms with Crippen LogP contribution in [0.4, 0.5) is 0 Å². The van der Waals surface area contributed by atoms with Crippen molar-refractivity contribution in [2.45, 2.75) is 32.6 Å². The van der Waals surface area contributed by atoms with E-state index in [4.69, 9.17) is 0 Å². The number of unbranched alkanes of at least 4 members (excludes halogenated alkanes) is 1. The molecule has 1 rings (SSSR count). The highest BCUT2D eigenvalue weighted by molar-refractivity contribution is 4.86. The summed E-state index contributed by atoms with van der Waals surface area (Å²) in [7, 11) is 0. The average Bonchev–Trinajstić information content (AvgIpc) is 2.50. The molecule has 1 atom stereocenters. The van der Waals surface area contributed by atoms with E-state index < -0.39 is 0 Å². The Hall–Kier alpha value is -0.0800. The van der Waals surface area contributed by atoms with Crippen molar-refractivity contribution >= 4 is 0 Å². The second-order valence-electron chi connectivity index (χ2n) is 3.69. The summed E-state index contributed by atoms with van der Waals surface area (Å²) in [5.74, 6) is 0. The summed E-state index contributed by atoms with van der Waals surface area (Å²) in [6, 6.07) is 0. The van der Waals surface area contributed by atoms with Gasteiger partial charge in [-0.3, -0.25) is 0 Å². The van der Waals surface area contributed by atoms with Gasteiger partial charge >= 0.3 is 0 Å². The van der Waals surface area contributed by atoms with Gasteiger partial charge in [-0.2, -0.15) is 0 Å². The zero-order valence-electron chi connectivity index (χ0n) is 7.40. The van der Waals surface area contributed by atoms with E-state index in [1.54, 1.807) is 0 Å². The topological polar surface area (TPSA) is 32.3 Å². The van der Waals surface area contributed by atoms with Crippen molar-refractivity contribution in [3.05, 3.63) is 0 Å². The lowest BCUT2D eigenvalue weighted by Crippen LogP contribution is -2.27. The number of rotatable bonds is 4. The summed E-state index contributed by atoms with van der Waals surface area (Å²) >= 11 is 0. The molecule has 66 valence electrons. The van der Waals surface area contributed by atoms with Crippen molar-refractivity contribution in [1.82, 2.24) is 5.32 Å². The Morgan fingerprint density at radius 3 is 2.82 bits per heavy atom. The van der Waals surface area contributed by atoms with E-state index in [9.17, 15) is 5.11 Å². The SMILES string of the molecule is CCCCC1(CO)CCNC1. The van der Waals surface area contributed by atoms with E-state index in [1.807, 2.05) is 0 Å². The number of hydrogen-bond acceptors (Lipinski definition) is 2. The lowest BCUT2D eigenvalue weighted by molar-refractivity contribution is 0.131. The van der Waals surface area contributed by atoms with Gasteiger partial charge in [-0.1, -0.05) is 19.8 Å². The standard InChI is InChI=1S/C9H19NO/c1-2-3-4-9(8-11)5-6-10-7-9/h10-11H,2-8H2,1H3. The highest BCUT2D eigenvalue weighted by Crippen LogP contribution is 2.30. The summed E-state index contributed by atoms with van der Waals surface area (Å²) < 4.78 is 0. The minimum absolute atomic E-state index is 0.232. The van der Waals surface area contributed by atoms with E-state index in [2.05, 4.69) is 12.2 Å². The molecule has 2 heteroatoms. The fourth-order valence-corrected chi connectivity index (χ4v) is 1.77. The molecule has 0 bridgehead atoms. The van der Waals surface area contributed by atoms with E-state index in [0.29, 0.717) is 6.61 Å². The Morgan fingerprint density at radius 2 is 2.36 bits per heavy atom. The van der Waals surface area contributed by atoms with Crippen LogP contribution in [0.2, 0.25) is 0 Å². The molecule has 2 N–H and O–H groups in total. The Balaban J connectivity index is 2.33. The van der Waals surface area contributed by atoms with E-state index >= 15 is 0 Å². The van der Waals surface area contributed by atoms with Crippen molar-refractivity contribution in [2.75, 3.05) is 19.7 Å². The first kappa shape index (κ1) is 9.01. The van der Waals surface area contributed by atoms with Gasteiger partial charge in [-0.15, -0.1) is 0 Å². The normalized spacial score (nSPS) is 31.1. The summed E-state index contributed by atoms with van der Waals surface area (Å²) in [6.07, 6.45) is 4.83. The Bertz CT molecular complexity index is 108. The first-order chi connectivity index (χ1) is 5.33. The highest BCUT2D eigenvalue weighted by Gasteiger charge is 2.31. The second-order valence-corrected chi connectivity index (χ2v) is 3.69. The largest absolute Gasteiger partial charge is 0.396 e. The molecule has 1 saturated heterocycles. The van der Waals surface area contributed by atoms with Crippen LogP contribution in [0, 0.1) is 5.41 Å². The first-order valence-corrected chi connectivity index (χ1v) is 4.64. The first-order valence-electron chi connectivity index (χ1n) is 4.64. The smallest absolute Gasteiger partial charge is 0.0500 e. The molecule has 1 aliphatic rings. The maximum Gasteiger partial charge on any atom is 0.0500 e. The van der Waals surface area contributed by atoms with Crippen molar-refractivity contribution in [3.63, 3.8) is 0 Å². The molecule has 0 aromatic heterocycles. The third-order valence-corrected chi connectivity index (χ3v) is 2.73. The molecule has 0 amide bonds. The number of aliphatic hydroxyl groups is 1. The van der Waals surface area contributed by atoms with Crippen molar-refractivity contribution in [1.29, 1.82) is 0 Å². The summed E-state index contributed by atoms with van der Waals surface area (Å²) in [5.41, 5.74) is 0.232. The number of nitrogens with one attached hydrogen (secondary N) is 1. The maximum atomic E-state index is 9.20. The van der Waals surface area contributed by atoms with Crippen LogP contribution in [0.25, 0.3) is 0 Å². The van der Waals surface area contributed by atoms with Crippen LogP contribution in [0.3, 0.4) is 0 Å². The monoisotopic (exact) mass is 157 g/mol. The summed E-state index contributed by atoms with van der Waals surface area (Å²) in [4.78, 5) is 0. The molecule has 0 saturated carbocycles. The maximum absolute atomic E-state index is 9.20. The Kier molecular flexibility index (Phi) is 3.34. The van der Waals surface area contributed by atoms with Gasteiger partial charge in [0.25, 0.3) is 0 Å². The van der Waals surface area contributed by atoms with Gasteiger partial charge in [0.15, 0.2) is 0 Å². The van der Waals surface area contributed by atoms with Crippen LogP contribution in [0.1, 0.15) is 32.6 Å². The van der Waals surface area contributed by atoms with Gasteiger partial charge in [0, 0.05) is 18.6 Å². The zero-order valence-corrected chi connectivity index (χ0v) is 7.40. The lowest BCUT2D eigenvalue weighted by Gasteiger charge is -2.24. The molecule has 0 aromatic rings.